The van der Waals surface area contributed by atoms with Crippen LogP contribution in [-0.2, 0) is 13.0 Å². The van der Waals surface area contributed by atoms with E-state index in [9.17, 15) is 0 Å². The maximum absolute atomic E-state index is 5.75. The summed E-state index contributed by atoms with van der Waals surface area (Å²) >= 11 is 5.33. The molecule has 1 aliphatic rings. The monoisotopic (exact) mass is 367 g/mol. The van der Waals surface area contributed by atoms with Crippen LogP contribution in [-0.4, -0.2) is 19.8 Å². The van der Waals surface area contributed by atoms with E-state index in [1.54, 1.807) is 11.3 Å². The van der Waals surface area contributed by atoms with Crippen LogP contribution in [0, 0.1) is 0 Å². The molecule has 0 bridgehead atoms. The van der Waals surface area contributed by atoms with Gasteiger partial charge in [0.25, 0.3) is 0 Å². The van der Waals surface area contributed by atoms with Gasteiger partial charge in [-0.05, 0) is 69.0 Å². The summed E-state index contributed by atoms with van der Waals surface area (Å²) in [6, 6.07) is 6.35. The Morgan fingerprint density at radius 3 is 2.95 bits per heavy atom. The standard InChI is InChI=1S/C16H18BrNO2S/c17-14-8-13(9-15-16(14)20-6-1-5-19-15)10-18-4-2-12-3-7-21-11-12/h3,7-9,11,18H,1-2,4-6,10H2. The third-order valence-corrected chi connectivity index (χ3v) is 4.68. The molecule has 0 atom stereocenters. The highest BCUT2D eigenvalue weighted by molar-refractivity contribution is 9.10. The summed E-state index contributed by atoms with van der Waals surface area (Å²) in [5.74, 6) is 1.67. The Bertz CT molecular complexity index is 586. The van der Waals surface area contributed by atoms with E-state index in [-0.39, 0.29) is 0 Å². The van der Waals surface area contributed by atoms with Crippen LogP contribution in [0.1, 0.15) is 17.5 Å². The van der Waals surface area contributed by atoms with Crippen molar-refractivity contribution in [1.82, 2.24) is 5.32 Å². The van der Waals surface area contributed by atoms with E-state index in [1.165, 1.54) is 11.1 Å². The highest BCUT2D eigenvalue weighted by Crippen LogP contribution is 2.38. The average Bonchev–Trinajstić information content (AvgIpc) is 2.87. The lowest BCUT2D eigenvalue weighted by Gasteiger charge is -2.12. The first kappa shape index (κ1) is 14.9. The molecule has 3 rings (SSSR count). The van der Waals surface area contributed by atoms with Gasteiger partial charge in [0.15, 0.2) is 11.5 Å². The molecule has 0 unspecified atom stereocenters. The van der Waals surface area contributed by atoms with E-state index in [4.69, 9.17) is 9.47 Å². The molecule has 0 amide bonds. The first-order chi connectivity index (χ1) is 10.3. The van der Waals surface area contributed by atoms with Crippen molar-refractivity contribution in [1.29, 1.82) is 0 Å². The molecule has 5 heteroatoms. The van der Waals surface area contributed by atoms with Crippen molar-refractivity contribution < 1.29 is 9.47 Å². The topological polar surface area (TPSA) is 30.5 Å². The highest BCUT2D eigenvalue weighted by atomic mass is 79.9. The fourth-order valence-electron chi connectivity index (χ4n) is 2.29. The number of nitrogens with one attached hydrogen (secondary N) is 1. The van der Waals surface area contributed by atoms with Crippen molar-refractivity contribution in [2.45, 2.75) is 19.4 Å². The van der Waals surface area contributed by atoms with Crippen LogP contribution in [0.15, 0.2) is 33.4 Å². The Labute approximate surface area is 137 Å². The van der Waals surface area contributed by atoms with Gasteiger partial charge in [-0.3, -0.25) is 0 Å². The fourth-order valence-corrected chi connectivity index (χ4v) is 3.59. The molecule has 2 heterocycles. The van der Waals surface area contributed by atoms with Crippen LogP contribution < -0.4 is 14.8 Å². The van der Waals surface area contributed by atoms with Crippen LogP contribution in [0.25, 0.3) is 0 Å². The molecule has 1 N–H and O–H groups in total. The third kappa shape index (κ3) is 3.99. The van der Waals surface area contributed by atoms with Gasteiger partial charge in [0.1, 0.15) is 0 Å². The minimum atomic E-state index is 0.712. The number of rotatable bonds is 5. The number of benzene rings is 1. The molecule has 21 heavy (non-hydrogen) atoms. The zero-order chi connectivity index (χ0) is 14.5. The van der Waals surface area contributed by atoms with Gasteiger partial charge in [-0.15, -0.1) is 0 Å². The van der Waals surface area contributed by atoms with Gasteiger partial charge in [-0.2, -0.15) is 11.3 Å². The molecule has 0 saturated heterocycles. The van der Waals surface area contributed by atoms with Gasteiger partial charge in [0, 0.05) is 13.0 Å². The summed E-state index contributed by atoms with van der Waals surface area (Å²) in [6.07, 6.45) is 1.99. The van der Waals surface area contributed by atoms with E-state index in [0.717, 1.165) is 41.9 Å². The summed E-state index contributed by atoms with van der Waals surface area (Å²) in [5.41, 5.74) is 2.60. The second kappa shape index (κ2) is 7.29. The van der Waals surface area contributed by atoms with Crippen molar-refractivity contribution in [3.63, 3.8) is 0 Å². The molecule has 2 aromatic rings. The minimum absolute atomic E-state index is 0.712. The first-order valence-corrected chi connectivity index (χ1v) is 8.86. The highest BCUT2D eigenvalue weighted by Gasteiger charge is 2.15. The zero-order valence-corrected chi connectivity index (χ0v) is 14.1. The van der Waals surface area contributed by atoms with Crippen molar-refractivity contribution in [2.24, 2.45) is 0 Å². The van der Waals surface area contributed by atoms with Gasteiger partial charge in [-0.25, -0.2) is 0 Å². The lowest BCUT2D eigenvalue weighted by Crippen LogP contribution is -2.16. The van der Waals surface area contributed by atoms with Gasteiger partial charge in [-0.1, -0.05) is 0 Å². The molecule has 1 aliphatic heterocycles. The van der Waals surface area contributed by atoms with Gasteiger partial charge >= 0.3 is 0 Å². The van der Waals surface area contributed by atoms with Gasteiger partial charge < -0.3 is 14.8 Å². The molecule has 1 aromatic carbocycles. The minimum Gasteiger partial charge on any atom is -0.490 e. The molecule has 3 nitrogen and oxygen atoms in total. The molecule has 0 fully saturated rings. The Hall–Kier alpha value is -1.04. The van der Waals surface area contributed by atoms with E-state index >= 15 is 0 Å². The normalized spacial score (nSPS) is 14.0. The molecular weight excluding hydrogens is 350 g/mol. The number of ether oxygens (including phenoxy) is 2. The first-order valence-electron chi connectivity index (χ1n) is 7.13. The molecule has 112 valence electrons. The Kier molecular flexibility index (Phi) is 5.17. The molecule has 0 radical (unpaired) electrons. The number of hydrogen-bond acceptors (Lipinski definition) is 4. The van der Waals surface area contributed by atoms with Crippen molar-refractivity contribution in [3.8, 4) is 11.5 Å². The second-order valence-electron chi connectivity index (χ2n) is 5.01. The van der Waals surface area contributed by atoms with E-state index < -0.39 is 0 Å². The van der Waals surface area contributed by atoms with Crippen LogP contribution in [0.2, 0.25) is 0 Å². The molecule has 0 aliphatic carbocycles. The quantitative estimate of drug-likeness (QED) is 0.810. The van der Waals surface area contributed by atoms with Gasteiger partial charge in [0.05, 0.1) is 17.7 Å². The van der Waals surface area contributed by atoms with Crippen LogP contribution in [0.5, 0.6) is 11.5 Å². The lowest BCUT2D eigenvalue weighted by molar-refractivity contribution is 0.296. The average molecular weight is 368 g/mol. The number of hydrogen-bond donors (Lipinski definition) is 1. The molecule has 0 spiro atoms. The predicted molar refractivity (Wildman–Crippen MR) is 89.5 cm³/mol. The van der Waals surface area contributed by atoms with E-state index in [2.05, 4.69) is 50.2 Å². The summed E-state index contributed by atoms with van der Waals surface area (Å²) in [6.45, 7) is 3.24. The summed E-state index contributed by atoms with van der Waals surface area (Å²) in [5, 5.41) is 7.80. The van der Waals surface area contributed by atoms with E-state index in [0.29, 0.717) is 13.2 Å². The second-order valence-corrected chi connectivity index (χ2v) is 6.65. The Balaban J connectivity index is 1.58. The van der Waals surface area contributed by atoms with Crippen molar-refractivity contribution >= 4 is 27.3 Å². The fraction of sp³-hybridized carbons (Fsp3) is 0.375. The lowest BCUT2D eigenvalue weighted by atomic mass is 10.2. The van der Waals surface area contributed by atoms with Crippen LogP contribution in [0.3, 0.4) is 0 Å². The molecule has 1 aromatic heterocycles. The van der Waals surface area contributed by atoms with Crippen molar-refractivity contribution in [3.05, 3.63) is 44.6 Å². The largest absolute Gasteiger partial charge is 0.490 e. The summed E-state index contributed by atoms with van der Waals surface area (Å²) in [4.78, 5) is 0. The summed E-state index contributed by atoms with van der Waals surface area (Å²) in [7, 11) is 0. The van der Waals surface area contributed by atoms with Crippen molar-refractivity contribution in [2.75, 3.05) is 19.8 Å². The zero-order valence-electron chi connectivity index (χ0n) is 11.7. The Morgan fingerprint density at radius 2 is 2.10 bits per heavy atom. The number of halogens is 1. The Morgan fingerprint density at radius 1 is 1.19 bits per heavy atom. The predicted octanol–water partition coefficient (Wildman–Crippen LogP) is 4.00. The maximum Gasteiger partial charge on any atom is 0.175 e. The van der Waals surface area contributed by atoms with Gasteiger partial charge in [0.2, 0.25) is 0 Å². The molecule has 0 saturated carbocycles. The summed E-state index contributed by atoms with van der Waals surface area (Å²) < 4.78 is 12.4. The smallest absolute Gasteiger partial charge is 0.175 e. The van der Waals surface area contributed by atoms with E-state index in [1.807, 2.05) is 0 Å². The van der Waals surface area contributed by atoms with Crippen LogP contribution in [0.4, 0.5) is 0 Å². The maximum atomic E-state index is 5.75. The van der Waals surface area contributed by atoms with Crippen LogP contribution >= 0.6 is 27.3 Å². The number of thiophene rings is 1. The number of fused-ring (bicyclic) bond motifs is 1. The third-order valence-electron chi connectivity index (χ3n) is 3.36. The molecular formula is C16H18BrNO2S. The SMILES string of the molecule is Brc1cc(CNCCc2ccsc2)cc2c1OCCCO2.